The lowest BCUT2D eigenvalue weighted by Crippen LogP contribution is -2.39. The van der Waals surface area contributed by atoms with Gasteiger partial charge in [0.25, 0.3) is 5.91 Å². The molecule has 0 atom stereocenters. The standard InChI is InChI=1S/C15H20Cl2N2O/c1-3-10-4-6-12(7-5-10)19(2)15(20)11-8-13(16)18-14(17)9-11/h8-10,12H,3-7H2,1-2H3. The van der Waals surface area contributed by atoms with Crippen LogP contribution in [0, 0.1) is 5.92 Å². The van der Waals surface area contributed by atoms with Gasteiger partial charge in [-0.15, -0.1) is 0 Å². The molecule has 2 rings (SSSR count). The van der Waals surface area contributed by atoms with Gasteiger partial charge in [-0.3, -0.25) is 4.79 Å². The molecule has 0 aliphatic heterocycles. The third kappa shape index (κ3) is 3.64. The van der Waals surface area contributed by atoms with Crippen LogP contribution < -0.4 is 0 Å². The van der Waals surface area contributed by atoms with Crippen molar-refractivity contribution >= 4 is 29.1 Å². The lowest BCUT2D eigenvalue weighted by molar-refractivity contribution is 0.0674. The molecular formula is C15H20Cl2N2O. The van der Waals surface area contributed by atoms with Gasteiger partial charge in [0.05, 0.1) is 0 Å². The number of carbonyl (C=O) groups excluding carboxylic acids is 1. The average Bonchev–Trinajstić information content (AvgIpc) is 2.45. The molecule has 0 N–H and O–H groups in total. The minimum atomic E-state index is -0.0313. The molecule has 0 saturated heterocycles. The quantitative estimate of drug-likeness (QED) is 0.773. The first-order valence-corrected chi connectivity index (χ1v) is 7.87. The summed E-state index contributed by atoms with van der Waals surface area (Å²) in [5.41, 5.74) is 0.509. The Hall–Kier alpha value is -0.800. The van der Waals surface area contributed by atoms with E-state index in [0.717, 1.165) is 18.8 Å². The number of hydrogen-bond donors (Lipinski definition) is 0. The first-order chi connectivity index (χ1) is 9.51. The number of halogens is 2. The number of hydrogen-bond acceptors (Lipinski definition) is 2. The monoisotopic (exact) mass is 314 g/mol. The number of rotatable bonds is 3. The first-order valence-electron chi connectivity index (χ1n) is 7.11. The highest BCUT2D eigenvalue weighted by molar-refractivity contribution is 6.33. The van der Waals surface area contributed by atoms with E-state index in [1.54, 1.807) is 12.1 Å². The van der Waals surface area contributed by atoms with Crippen LogP contribution in [0.2, 0.25) is 10.3 Å². The molecular weight excluding hydrogens is 295 g/mol. The van der Waals surface area contributed by atoms with Crippen LogP contribution in [0.25, 0.3) is 0 Å². The highest BCUT2D eigenvalue weighted by Gasteiger charge is 2.26. The third-order valence-corrected chi connectivity index (χ3v) is 4.66. The predicted octanol–water partition coefficient (Wildman–Crippen LogP) is 4.43. The predicted molar refractivity (Wildman–Crippen MR) is 82.4 cm³/mol. The number of amides is 1. The molecule has 20 heavy (non-hydrogen) atoms. The number of nitrogens with zero attached hydrogens (tertiary/aromatic N) is 2. The van der Waals surface area contributed by atoms with E-state index in [1.165, 1.54) is 19.3 Å². The lowest BCUT2D eigenvalue weighted by Gasteiger charge is -2.34. The summed E-state index contributed by atoms with van der Waals surface area (Å²) in [6.45, 7) is 2.24. The van der Waals surface area contributed by atoms with Crippen molar-refractivity contribution in [1.29, 1.82) is 0 Å². The van der Waals surface area contributed by atoms with Crippen LogP contribution in [0.4, 0.5) is 0 Å². The molecule has 0 aromatic carbocycles. The van der Waals surface area contributed by atoms with Crippen LogP contribution in [0.3, 0.4) is 0 Å². The summed E-state index contributed by atoms with van der Waals surface area (Å²) in [6, 6.07) is 3.46. The summed E-state index contributed by atoms with van der Waals surface area (Å²) in [7, 11) is 1.86. The van der Waals surface area contributed by atoms with Gasteiger partial charge in [0.1, 0.15) is 10.3 Å². The Kier molecular flexibility index (Phi) is 5.28. The minimum Gasteiger partial charge on any atom is -0.339 e. The maximum atomic E-state index is 12.5. The normalized spacial score (nSPS) is 22.6. The molecule has 1 aliphatic carbocycles. The van der Waals surface area contributed by atoms with Crippen molar-refractivity contribution in [3.8, 4) is 0 Å². The van der Waals surface area contributed by atoms with Gasteiger partial charge < -0.3 is 4.90 Å². The van der Waals surface area contributed by atoms with Gasteiger partial charge >= 0.3 is 0 Å². The Balaban J connectivity index is 2.05. The van der Waals surface area contributed by atoms with Gasteiger partial charge in [-0.25, -0.2) is 4.98 Å². The smallest absolute Gasteiger partial charge is 0.254 e. The molecule has 5 heteroatoms. The molecule has 3 nitrogen and oxygen atoms in total. The van der Waals surface area contributed by atoms with Crippen LogP contribution in [-0.2, 0) is 0 Å². The molecule has 0 bridgehead atoms. The second kappa shape index (κ2) is 6.77. The van der Waals surface area contributed by atoms with Gasteiger partial charge in [-0.1, -0.05) is 36.5 Å². The second-order valence-electron chi connectivity index (χ2n) is 5.50. The van der Waals surface area contributed by atoms with E-state index in [0.29, 0.717) is 11.6 Å². The zero-order valence-corrected chi connectivity index (χ0v) is 13.4. The van der Waals surface area contributed by atoms with Gasteiger partial charge in [0.2, 0.25) is 0 Å². The van der Waals surface area contributed by atoms with Crippen LogP contribution >= 0.6 is 23.2 Å². The molecule has 1 saturated carbocycles. The fraction of sp³-hybridized carbons (Fsp3) is 0.600. The topological polar surface area (TPSA) is 33.2 Å². The van der Waals surface area contributed by atoms with E-state index in [4.69, 9.17) is 23.2 Å². The van der Waals surface area contributed by atoms with E-state index >= 15 is 0 Å². The Morgan fingerprint density at radius 2 is 1.80 bits per heavy atom. The van der Waals surface area contributed by atoms with Crippen molar-refractivity contribution in [2.45, 2.75) is 45.1 Å². The van der Waals surface area contributed by atoms with Gasteiger partial charge in [-0.05, 0) is 43.7 Å². The zero-order chi connectivity index (χ0) is 14.7. The average molecular weight is 315 g/mol. The molecule has 1 fully saturated rings. The fourth-order valence-electron chi connectivity index (χ4n) is 2.90. The van der Waals surface area contributed by atoms with Crippen molar-refractivity contribution < 1.29 is 4.79 Å². The molecule has 1 amide bonds. The third-order valence-electron chi connectivity index (χ3n) is 4.27. The van der Waals surface area contributed by atoms with Crippen LogP contribution in [0.5, 0.6) is 0 Å². The maximum absolute atomic E-state index is 12.5. The van der Waals surface area contributed by atoms with Gasteiger partial charge in [0, 0.05) is 18.7 Å². The molecule has 1 aromatic rings. The van der Waals surface area contributed by atoms with Crippen molar-refractivity contribution in [2.75, 3.05) is 7.05 Å². The molecule has 1 aromatic heterocycles. The summed E-state index contributed by atoms with van der Waals surface area (Å²) in [4.78, 5) is 18.2. The number of carbonyl (C=O) groups is 1. The Labute approximate surface area is 130 Å². The minimum absolute atomic E-state index is 0.0313. The molecule has 1 aliphatic rings. The molecule has 0 spiro atoms. The summed E-state index contributed by atoms with van der Waals surface area (Å²) in [5.74, 6) is 0.788. The van der Waals surface area contributed by atoms with E-state index in [-0.39, 0.29) is 16.2 Å². The van der Waals surface area contributed by atoms with E-state index in [1.807, 2.05) is 11.9 Å². The van der Waals surface area contributed by atoms with Crippen molar-refractivity contribution in [3.63, 3.8) is 0 Å². The fourth-order valence-corrected chi connectivity index (χ4v) is 3.36. The Morgan fingerprint density at radius 1 is 1.25 bits per heavy atom. The number of pyridine rings is 1. The largest absolute Gasteiger partial charge is 0.339 e. The summed E-state index contributed by atoms with van der Waals surface area (Å²) >= 11 is 11.7. The first kappa shape index (κ1) is 15.6. The molecule has 110 valence electrons. The SMILES string of the molecule is CCC1CCC(N(C)C(=O)c2cc(Cl)nc(Cl)c2)CC1. The summed E-state index contributed by atoms with van der Waals surface area (Å²) < 4.78 is 0. The number of aromatic nitrogens is 1. The highest BCUT2D eigenvalue weighted by atomic mass is 35.5. The molecule has 0 unspecified atom stereocenters. The molecule has 0 radical (unpaired) electrons. The van der Waals surface area contributed by atoms with Crippen LogP contribution in [-0.4, -0.2) is 28.9 Å². The van der Waals surface area contributed by atoms with E-state index in [9.17, 15) is 4.79 Å². The lowest BCUT2D eigenvalue weighted by atomic mass is 9.84. The van der Waals surface area contributed by atoms with Crippen LogP contribution in [0.15, 0.2) is 12.1 Å². The summed E-state index contributed by atoms with van der Waals surface area (Å²) in [5, 5.41) is 0.507. The van der Waals surface area contributed by atoms with Gasteiger partial charge in [0.15, 0.2) is 0 Å². The van der Waals surface area contributed by atoms with E-state index in [2.05, 4.69) is 11.9 Å². The molecule has 1 heterocycles. The highest BCUT2D eigenvalue weighted by Crippen LogP contribution is 2.29. The van der Waals surface area contributed by atoms with E-state index < -0.39 is 0 Å². The second-order valence-corrected chi connectivity index (χ2v) is 6.27. The maximum Gasteiger partial charge on any atom is 0.254 e. The Bertz CT molecular complexity index is 465. The van der Waals surface area contributed by atoms with Crippen molar-refractivity contribution in [1.82, 2.24) is 9.88 Å². The summed E-state index contributed by atoms with van der Waals surface area (Å²) in [6.07, 6.45) is 5.80. The van der Waals surface area contributed by atoms with Crippen LogP contribution in [0.1, 0.15) is 49.4 Å². The zero-order valence-electron chi connectivity index (χ0n) is 11.9. The Morgan fingerprint density at radius 3 is 2.30 bits per heavy atom. The van der Waals surface area contributed by atoms with Crippen molar-refractivity contribution in [3.05, 3.63) is 28.0 Å². The van der Waals surface area contributed by atoms with Gasteiger partial charge in [-0.2, -0.15) is 0 Å². The van der Waals surface area contributed by atoms with Crippen molar-refractivity contribution in [2.24, 2.45) is 5.92 Å².